The Balaban J connectivity index is 1.77. The first-order valence-electron chi connectivity index (χ1n) is 6.65. The van der Waals surface area contributed by atoms with Gasteiger partial charge in [-0.05, 0) is 19.1 Å². The van der Waals surface area contributed by atoms with E-state index in [1.807, 2.05) is 0 Å². The Kier molecular flexibility index (Phi) is 4.87. The van der Waals surface area contributed by atoms with Gasteiger partial charge in [0.25, 0.3) is 0 Å². The van der Waals surface area contributed by atoms with Crippen LogP contribution in [-0.4, -0.2) is 43.0 Å². The number of piperazine rings is 1. The molecule has 104 valence electrons. The molecular formula is C14H20FN3O. The number of para-hydroxylation sites is 1. The fourth-order valence-electron chi connectivity index (χ4n) is 2.25. The topological polar surface area (TPSA) is 44.4 Å². The number of rotatable bonds is 4. The van der Waals surface area contributed by atoms with Crippen molar-refractivity contribution in [3.05, 3.63) is 30.1 Å². The number of anilines is 1. The predicted octanol–water partition coefficient (Wildman–Crippen LogP) is 1.45. The molecule has 0 radical (unpaired) electrons. The molecule has 1 amide bonds. The van der Waals surface area contributed by atoms with E-state index in [9.17, 15) is 9.18 Å². The van der Waals surface area contributed by atoms with Gasteiger partial charge in [-0.25, -0.2) is 4.39 Å². The number of hydrogen-bond acceptors (Lipinski definition) is 3. The average Bonchev–Trinajstić information content (AvgIpc) is 2.39. The molecule has 1 aliphatic heterocycles. The molecule has 1 aliphatic rings. The van der Waals surface area contributed by atoms with Crippen molar-refractivity contribution in [1.29, 1.82) is 0 Å². The third-order valence-corrected chi connectivity index (χ3v) is 3.26. The van der Waals surface area contributed by atoms with Gasteiger partial charge in [0.05, 0.1) is 5.69 Å². The lowest BCUT2D eigenvalue weighted by Gasteiger charge is -2.31. The predicted molar refractivity (Wildman–Crippen MR) is 73.6 cm³/mol. The quantitative estimate of drug-likeness (QED) is 0.866. The van der Waals surface area contributed by atoms with Crippen LogP contribution in [0.3, 0.4) is 0 Å². The highest BCUT2D eigenvalue weighted by Crippen LogP contribution is 2.12. The van der Waals surface area contributed by atoms with Crippen LogP contribution in [0.2, 0.25) is 0 Å². The maximum atomic E-state index is 13.4. The van der Waals surface area contributed by atoms with E-state index in [0.717, 1.165) is 19.6 Å². The summed E-state index contributed by atoms with van der Waals surface area (Å²) in [6.45, 7) is 5.71. The second kappa shape index (κ2) is 6.63. The third-order valence-electron chi connectivity index (χ3n) is 3.26. The van der Waals surface area contributed by atoms with Crippen molar-refractivity contribution >= 4 is 11.6 Å². The van der Waals surface area contributed by atoms with Gasteiger partial charge in [-0.3, -0.25) is 4.79 Å². The molecule has 1 atom stereocenters. The van der Waals surface area contributed by atoms with Crippen LogP contribution in [0.4, 0.5) is 10.1 Å². The Hall–Kier alpha value is -1.46. The number of nitrogens with one attached hydrogen (secondary N) is 2. The Morgan fingerprint density at radius 2 is 2.32 bits per heavy atom. The first-order valence-corrected chi connectivity index (χ1v) is 6.65. The summed E-state index contributed by atoms with van der Waals surface area (Å²) >= 11 is 0. The molecule has 0 aliphatic carbocycles. The Morgan fingerprint density at radius 1 is 1.53 bits per heavy atom. The summed E-state index contributed by atoms with van der Waals surface area (Å²) in [6.07, 6.45) is 0.390. The molecule has 19 heavy (non-hydrogen) atoms. The molecule has 1 heterocycles. The molecule has 1 unspecified atom stereocenters. The fourth-order valence-corrected chi connectivity index (χ4v) is 2.25. The van der Waals surface area contributed by atoms with Crippen molar-refractivity contribution < 1.29 is 9.18 Å². The molecule has 0 aromatic heterocycles. The molecule has 2 rings (SSSR count). The minimum atomic E-state index is -0.397. The maximum Gasteiger partial charge on any atom is 0.225 e. The van der Waals surface area contributed by atoms with Crippen LogP contribution >= 0.6 is 0 Å². The molecule has 1 aromatic rings. The van der Waals surface area contributed by atoms with Crippen molar-refractivity contribution in [2.45, 2.75) is 19.4 Å². The second-order valence-electron chi connectivity index (χ2n) is 4.93. The molecule has 5 heteroatoms. The monoisotopic (exact) mass is 265 g/mol. The van der Waals surface area contributed by atoms with E-state index < -0.39 is 5.82 Å². The number of carbonyl (C=O) groups excluding carboxylic acids is 1. The summed E-state index contributed by atoms with van der Waals surface area (Å²) in [5, 5.41) is 5.96. The highest BCUT2D eigenvalue weighted by atomic mass is 19.1. The SMILES string of the molecule is CC1CN(CCC(=O)Nc2ccccc2F)CCN1. The van der Waals surface area contributed by atoms with Gasteiger partial charge in [0, 0.05) is 38.6 Å². The normalized spacial score (nSPS) is 20.2. The van der Waals surface area contributed by atoms with E-state index in [4.69, 9.17) is 0 Å². The van der Waals surface area contributed by atoms with Crippen molar-refractivity contribution in [3.63, 3.8) is 0 Å². The minimum Gasteiger partial charge on any atom is -0.324 e. The molecule has 1 aromatic carbocycles. The number of halogens is 1. The zero-order chi connectivity index (χ0) is 13.7. The molecule has 1 saturated heterocycles. The van der Waals surface area contributed by atoms with E-state index in [1.54, 1.807) is 18.2 Å². The van der Waals surface area contributed by atoms with Crippen molar-refractivity contribution in [2.24, 2.45) is 0 Å². The van der Waals surface area contributed by atoms with Crippen LogP contribution in [0.1, 0.15) is 13.3 Å². The van der Waals surface area contributed by atoms with Crippen molar-refractivity contribution in [1.82, 2.24) is 10.2 Å². The lowest BCUT2D eigenvalue weighted by Crippen LogP contribution is -2.49. The number of nitrogens with zero attached hydrogens (tertiary/aromatic N) is 1. The summed E-state index contributed by atoms with van der Waals surface area (Å²) in [5.41, 5.74) is 0.251. The molecule has 0 spiro atoms. The van der Waals surface area contributed by atoms with Crippen molar-refractivity contribution in [2.75, 3.05) is 31.5 Å². The number of carbonyl (C=O) groups is 1. The van der Waals surface area contributed by atoms with Crippen molar-refractivity contribution in [3.8, 4) is 0 Å². The van der Waals surface area contributed by atoms with Gasteiger partial charge in [0.1, 0.15) is 5.82 Å². The molecular weight excluding hydrogens is 245 g/mol. The van der Waals surface area contributed by atoms with Gasteiger partial charge in [-0.2, -0.15) is 0 Å². The summed E-state index contributed by atoms with van der Waals surface area (Å²) in [7, 11) is 0. The second-order valence-corrected chi connectivity index (χ2v) is 4.93. The van der Waals surface area contributed by atoms with Gasteiger partial charge in [-0.1, -0.05) is 12.1 Å². The van der Waals surface area contributed by atoms with Gasteiger partial charge in [0.2, 0.25) is 5.91 Å². The maximum absolute atomic E-state index is 13.4. The third kappa shape index (κ3) is 4.29. The molecule has 1 fully saturated rings. The smallest absolute Gasteiger partial charge is 0.225 e. The fraction of sp³-hybridized carbons (Fsp3) is 0.500. The van der Waals surface area contributed by atoms with Gasteiger partial charge in [0.15, 0.2) is 0 Å². The van der Waals surface area contributed by atoms with Crippen LogP contribution < -0.4 is 10.6 Å². The molecule has 4 nitrogen and oxygen atoms in total. The van der Waals surface area contributed by atoms with E-state index in [2.05, 4.69) is 22.5 Å². The van der Waals surface area contributed by atoms with Gasteiger partial charge in [-0.15, -0.1) is 0 Å². The summed E-state index contributed by atoms with van der Waals surface area (Å²) in [4.78, 5) is 14.0. The van der Waals surface area contributed by atoms with Crippen LogP contribution in [0.5, 0.6) is 0 Å². The lowest BCUT2D eigenvalue weighted by molar-refractivity contribution is -0.116. The number of amides is 1. The largest absolute Gasteiger partial charge is 0.324 e. The van der Waals surface area contributed by atoms with Crippen LogP contribution in [0, 0.1) is 5.82 Å². The standard InChI is InChI=1S/C14H20FN3O/c1-11-10-18(9-7-16-11)8-6-14(19)17-13-5-3-2-4-12(13)15/h2-5,11,16H,6-10H2,1H3,(H,17,19). The van der Waals surface area contributed by atoms with E-state index in [-0.39, 0.29) is 11.6 Å². The van der Waals surface area contributed by atoms with E-state index >= 15 is 0 Å². The van der Waals surface area contributed by atoms with Gasteiger partial charge >= 0.3 is 0 Å². The van der Waals surface area contributed by atoms with Crippen LogP contribution in [0.25, 0.3) is 0 Å². The van der Waals surface area contributed by atoms with E-state index in [1.165, 1.54) is 6.07 Å². The summed E-state index contributed by atoms with van der Waals surface area (Å²) in [5.74, 6) is -0.539. The Morgan fingerprint density at radius 3 is 3.05 bits per heavy atom. The Labute approximate surface area is 113 Å². The summed E-state index contributed by atoms with van der Waals surface area (Å²) < 4.78 is 13.4. The number of hydrogen-bond donors (Lipinski definition) is 2. The van der Waals surface area contributed by atoms with Crippen LogP contribution in [0.15, 0.2) is 24.3 Å². The molecule has 2 N–H and O–H groups in total. The zero-order valence-electron chi connectivity index (χ0n) is 11.2. The number of benzene rings is 1. The van der Waals surface area contributed by atoms with Gasteiger partial charge < -0.3 is 15.5 Å². The molecule has 0 saturated carbocycles. The highest BCUT2D eigenvalue weighted by Gasteiger charge is 2.16. The minimum absolute atomic E-state index is 0.142. The lowest BCUT2D eigenvalue weighted by atomic mass is 10.2. The van der Waals surface area contributed by atoms with Crippen LogP contribution in [-0.2, 0) is 4.79 Å². The first-order chi connectivity index (χ1) is 9.15. The van der Waals surface area contributed by atoms with E-state index in [0.29, 0.717) is 19.0 Å². The zero-order valence-corrected chi connectivity index (χ0v) is 11.2. The highest BCUT2D eigenvalue weighted by molar-refractivity contribution is 5.90. The summed E-state index contributed by atoms with van der Waals surface area (Å²) in [6, 6.07) is 6.68. The first kappa shape index (κ1) is 14.0. The Bertz CT molecular complexity index is 438. The average molecular weight is 265 g/mol. The molecule has 0 bridgehead atoms.